The average Bonchev–Trinajstić information content (AvgIpc) is 2.66. The quantitative estimate of drug-likeness (QED) is 0.364. The van der Waals surface area contributed by atoms with Crippen LogP contribution in [0.3, 0.4) is 0 Å². The van der Waals surface area contributed by atoms with Crippen molar-refractivity contribution in [3.05, 3.63) is 64.6 Å². The Morgan fingerprint density at radius 1 is 1.20 bits per heavy atom. The average molecular weight is 331 g/mol. The second-order valence-electron chi connectivity index (χ2n) is 5.25. The summed E-state index contributed by atoms with van der Waals surface area (Å²) in [4.78, 5) is 12.4. The van der Waals surface area contributed by atoms with Gasteiger partial charge in [0.1, 0.15) is 5.69 Å². The molecule has 0 spiro atoms. The fourth-order valence-electron chi connectivity index (χ4n) is 2.36. The first-order valence-electron chi connectivity index (χ1n) is 7.66. The Morgan fingerprint density at radius 2 is 1.88 bits per heavy atom. The molecule has 2 aromatic carbocycles. The zero-order valence-electron chi connectivity index (χ0n) is 13.6. The number of terminal acetylenes is 1. The monoisotopic (exact) mass is 331 g/mol. The van der Waals surface area contributed by atoms with Crippen LogP contribution in [0.25, 0.3) is 11.6 Å². The number of nitroso groups, excluding NO2 is 1. The molecule has 5 heteroatoms. The fraction of sp³-hybridized carbons (Fsp3) is 0.150. The Balaban J connectivity index is 2.25. The molecule has 0 fully saturated rings. The van der Waals surface area contributed by atoms with E-state index >= 15 is 0 Å². The largest absolute Gasteiger partial charge is 0.395 e. The van der Waals surface area contributed by atoms with E-state index in [2.05, 4.69) is 17.2 Å². The zero-order chi connectivity index (χ0) is 18.1. The van der Waals surface area contributed by atoms with E-state index in [9.17, 15) is 10.2 Å². The van der Waals surface area contributed by atoms with Crippen LogP contribution in [-0.2, 0) is 0 Å². The molecule has 0 aromatic heterocycles. The summed E-state index contributed by atoms with van der Waals surface area (Å²) in [7, 11) is 0. The molecule has 5 nitrogen and oxygen atoms in total. The number of nitriles is 1. The Morgan fingerprint density at radius 3 is 2.40 bits per heavy atom. The summed E-state index contributed by atoms with van der Waals surface area (Å²) in [5, 5.41) is 21.3. The number of allylic oxidation sites excluding steroid dienone is 1. The molecule has 0 aliphatic carbocycles. The van der Waals surface area contributed by atoms with Crippen molar-refractivity contribution in [1.29, 1.82) is 5.26 Å². The lowest BCUT2D eigenvalue weighted by atomic mass is 10.0. The highest BCUT2D eigenvalue weighted by Gasteiger charge is 2.05. The second kappa shape index (κ2) is 9.02. The Kier molecular flexibility index (Phi) is 6.47. The molecular formula is C20H17N3O2. The molecule has 0 unspecified atom stereocenters. The first-order valence-corrected chi connectivity index (χ1v) is 7.66. The van der Waals surface area contributed by atoms with Crippen molar-refractivity contribution in [2.45, 2.75) is 0 Å². The molecule has 0 aliphatic heterocycles. The second-order valence-corrected chi connectivity index (χ2v) is 5.25. The molecule has 0 amide bonds. The number of hydrogen-bond acceptors (Lipinski definition) is 5. The van der Waals surface area contributed by atoms with E-state index in [0.29, 0.717) is 29.9 Å². The van der Waals surface area contributed by atoms with Gasteiger partial charge in [-0.3, -0.25) is 0 Å². The van der Waals surface area contributed by atoms with Crippen LogP contribution in [0.2, 0.25) is 0 Å². The third kappa shape index (κ3) is 4.78. The number of benzene rings is 2. The van der Waals surface area contributed by atoms with E-state index in [1.807, 2.05) is 29.2 Å². The van der Waals surface area contributed by atoms with Gasteiger partial charge < -0.3 is 10.0 Å². The first-order chi connectivity index (χ1) is 12.2. The summed E-state index contributed by atoms with van der Waals surface area (Å²) in [5.74, 6) is 2.57. The molecule has 0 radical (unpaired) electrons. The molecular weight excluding hydrogens is 314 g/mol. The smallest absolute Gasteiger partial charge is 0.108 e. The predicted octanol–water partition coefficient (Wildman–Crippen LogP) is 3.58. The molecule has 0 saturated heterocycles. The predicted molar refractivity (Wildman–Crippen MR) is 100.0 cm³/mol. The van der Waals surface area contributed by atoms with Gasteiger partial charge >= 0.3 is 0 Å². The van der Waals surface area contributed by atoms with E-state index in [-0.39, 0.29) is 6.61 Å². The van der Waals surface area contributed by atoms with Crippen molar-refractivity contribution in [2.75, 3.05) is 24.6 Å². The third-order valence-electron chi connectivity index (χ3n) is 3.63. The Hall–Kier alpha value is -3.41. The molecule has 124 valence electrons. The van der Waals surface area contributed by atoms with Gasteiger partial charge in [0.25, 0.3) is 0 Å². The van der Waals surface area contributed by atoms with Crippen LogP contribution < -0.4 is 4.90 Å². The van der Waals surface area contributed by atoms with Crippen LogP contribution in [0.4, 0.5) is 11.4 Å². The summed E-state index contributed by atoms with van der Waals surface area (Å²) in [6.07, 6.45) is 7.12. The van der Waals surface area contributed by atoms with Gasteiger partial charge in [0.05, 0.1) is 24.8 Å². The zero-order valence-corrected chi connectivity index (χ0v) is 13.6. The first kappa shape index (κ1) is 17.9. The van der Waals surface area contributed by atoms with Crippen molar-refractivity contribution < 1.29 is 5.11 Å². The van der Waals surface area contributed by atoms with Gasteiger partial charge in [-0.25, -0.2) is 0 Å². The molecule has 2 rings (SSSR count). The lowest BCUT2D eigenvalue weighted by molar-refractivity contribution is 0.303. The minimum absolute atomic E-state index is 0.0214. The highest BCUT2D eigenvalue weighted by molar-refractivity contribution is 5.90. The number of aliphatic hydroxyl groups excluding tert-OH is 1. The Labute approximate surface area is 146 Å². The number of rotatable bonds is 7. The minimum Gasteiger partial charge on any atom is -0.395 e. The van der Waals surface area contributed by atoms with Gasteiger partial charge in [-0.05, 0) is 46.6 Å². The highest BCUT2D eigenvalue weighted by Crippen LogP contribution is 2.22. The topological polar surface area (TPSA) is 76.7 Å². The number of anilines is 1. The molecule has 0 saturated carbocycles. The summed E-state index contributed by atoms with van der Waals surface area (Å²) in [6.45, 7) is 0.893. The molecule has 1 N–H and O–H groups in total. The van der Waals surface area contributed by atoms with Crippen LogP contribution in [0, 0.1) is 28.6 Å². The van der Waals surface area contributed by atoms with Crippen LogP contribution >= 0.6 is 0 Å². The van der Waals surface area contributed by atoms with E-state index in [4.69, 9.17) is 11.5 Å². The van der Waals surface area contributed by atoms with Gasteiger partial charge in [0.2, 0.25) is 0 Å². The normalized spacial score (nSPS) is 10.6. The summed E-state index contributed by atoms with van der Waals surface area (Å²) in [6, 6.07) is 16.3. The van der Waals surface area contributed by atoms with E-state index in [1.54, 1.807) is 30.3 Å². The van der Waals surface area contributed by atoms with Crippen molar-refractivity contribution in [3.8, 4) is 18.4 Å². The number of aliphatic hydroxyl groups is 1. The van der Waals surface area contributed by atoms with E-state index < -0.39 is 0 Å². The van der Waals surface area contributed by atoms with Crippen molar-refractivity contribution >= 4 is 23.0 Å². The molecule has 0 atom stereocenters. The standard InChI is InChI=1S/C20H17N3O2/c1-2-11-23(12-13-24)20-9-3-16(4-10-20)14-18(15-21)17-5-7-19(22-25)8-6-17/h1,3-10,14,24H,11-13H2/b18-14+. The van der Waals surface area contributed by atoms with Crippen LogP contribution in [0.5, 0.6) is 0 Å². The lowest BCUT2D eigenvalue weighted by Gasteiger charge is -2.21. The number of hydrogen-bond donors (Lipinski definition) is 1. The molecule has 0 aliphatic rings. The van der Waals surface area contributed by atoms with Gasteiger partial charge in [-0.1, -0.05) is 30.2 Å². The van der Waals surface area contributed by atoms with Crippen LogP contribution in [-0.4, -0.2) is 24.8 Å². The maximum Gasteiger partial charge on any atom is 0.108 e. The van der Waals surface area contributed by atoms with Crippen molar-refractivity contribution in [1.82, 2.24) is 0 Å². The van der Waals surface area contributed by atoms with E-state index in [1.165, 1.54) is 0 Å². The molecule has 0 bridgehead atoms. The minimum atomic E-state index is 0.0214. The van der Waals surface area contributed by atoms with E-state index in [0.717, 1.165) is 11.3 Å². The van der Waals surface area contributed by atoms with Gasteiger partial charge in [-0.2, -0.15) is 5.26 Å². The third-order valence-corrected chi connectivity index (χ3v) is 3.63. The fourth-order valence-corrected chi connectivity index (χ4v) is 2.36. The van der Waals surface area contributed by atoms with Crippen molar-refractivity contribution in [3.63, 3.8) is 0 Å². The highest BCUT2D eigenvalue weighted by atomic mass is 16.3. The number of nitrogens with zero attached hydrogens (tertiary/aromatic N) is 3. The molecule has 0 heterocycles. The van der Waals surface area contributed by atoms with Crippen LogP contribution in [0.1, 0.15) is 11.1 Å². The summed E-state index contributed by atoms with van der Waals surface area (Å²) < 4.78 is 0. The lowest BCUT2D eigenvalue weighted by Crippen LogP contribution is -2.26. The molecule has 25 heavy (non-hydrogen) atoms. The maximum absolute atomic E-state index is 10.5. The van der Waals surface area contributed by atoms with Gasteiger partial charge in [-0.15, -0.1) is 11.3 Å². The SMILES string of the molecule is C#CCN(CCO)c1ccc(/C=C(\C#N)c2ccc(N=O)cc2)cc1. The van der Waals surface area contributed by atoms with Gasteiger partial charge in [0, 0.05) is 12.2 Å². The Bertz CT molecular complexity index is 825. The molecule has 2 aromatic rings. The maximum atomic E-state index is 10.5. The van der Waals surface area contributed by atoms with Crippen molar-refractivity contribution in [2.24, 2.45) is 5.18 Å². The van der Waals surface area contributed by atoms with Crippen LogP contribution in [0.15, 0.2) is 53.7 Å². The van der Waals surface area contributed by atoms with Gasteiger partial charge in [0.15, 0.2) is 0 Å². The summed E-state index contributed by atoms with van der Waals surface area (Å²) >= 11 is 0. The summed E-state index contributed by atoms with van der Waals surface area (Å²) in [5.41, 5.74) is 3.30.